The van der Waals surface area contributed by atoms with Gasteiger partial charge in [0.05, 0.1) is 0 Å². The Kier molecular flexibility index (Phi) is 2.61. The number of hydrogen-bond acceptors (Lipinski definition) is 2. The molecule has 1 N–H and O–H groups in total. The van der Waals surface area contributed by atoms with Gasteiger partial charge in [0.15, 0.2) is 0 Å². The lowest BCUT2D eigenvalue weighted by atomic mass is 9.95. The Morgan fingerprint density at radius 3 is 3.15 bits per heavy atom. The molecule has 0 fully saturated rings. The van der Waals surface area contributed by atoms with Crippen LogP contribution in [0.5, 0.6) is 0 Å². The van der Waals surface area contributed by atoms with Gasteiger partial charge in [0.25, 0.3) is 0 Å². The number of thioether (sulfide) groups is 1. The van der Waals surface area contributed by atoms with E-state index in [1.54, 1.807) is 0 Å². The van der Waals surface area contributed by atoms with Gasteiger partial charge in [0, 0.05) is 23.2 Å². The molecule has 1 atom stereocenters. The molecule has 0 bridgehead atoms. The highest BCUT2D eigenvalue weighted by Gasteiger charge is 2.17. The molecule has 0 saturated heterocycles. The maximum absolute atomic E-state index is 9.11. The molecule has 70 valence electrons. The van der Waals surface area contributed by atoms with Crippen molar-refractivity contribution in [2.45, 2.75) is 24.2 Å². The molecule has 2 heteroatoms. The minimum Gasteiger partial charge on any atom is -0.396 e. The van der Waals surface area contributed by atoms with Crippen LogP contribution in [0.3, 0.4) is 0 Å². The number of aliphatic hydroxyl groups is 1. The Labute approximate surface area is 83.2 Å². The average molecular weight is 194 g/mol. The molecule has 0 aliphatic carbocycles. The van der Waals surface area contributed by atoms with Crippen LogP contribution in [0.1, 0.15) is 24.0 Å². The van der Waals surface area contributed by atoms with Gasteiger partial charge in [-0.1, -0.05) is 19.1 Å². The van der Waals surface area contributed by atoms with Gasteiger partial charge < -0.3 is 5.11 Å². The lowest BCUT2D eigenvalue weighted by molar-refractivity contribution is 0.272. The first-order chi connectivity index (χ1) is 6.33. The molecular weight excluding hydrogens is 180 g/mol. The molecule has 2 rings (SSSR count). The van der Waals surface area contributed by atoms with E-state index < -0.39 is 0 Å². The molecule has 1 aromatic rings. The van der Waals surface area contributed by atoms with Crippen LogP contribution in [0.15, 0.2) is 23.1 Å². The molecule has 0 aromatic heterocycles. The summed E-state index contributed by atoms with van der Waals surface area (Å²) in [5, 5.41) is 9.11. The predicted octanol–water partition coefficient (Wildman–Crippen LogP) is 2.43. The van der Waals surface area contributed by atoms with E-state index in [2.05, 4.69) is 25.1 Å². The zero-order chi connectivity index (χ0) is 9.26. The molecule has 1 unspecified atom stereocenters. The van der Waals surface area contributed by atoms with Crippen LogP contribution < -0.4 is 0 Å². The fraction of sp³-hybridized carbons (Fsp3) is 0.455. The third-order valence-corrected chi connectivity index (χ3v) is 3.69. The topological polar surface area (TPSA) is 20.2 Å². The molecule has 1 nitrogen and oxygen atoms in total. The first-order valence-corrected chi connectivity index (χ1v) is 5.67. The van der Waals surface area contributed by atoms with Crippen molar-refractivity contribution in [3.8, 4) is 0 Å². The second-order valence-corrected chi connectivity index (χ2v) is 4.64. The van der Waals surface area contributed by atoms with E-state index >= 15 is 0 Å². The second-order valence-electron chi connectivity index (χ2n) is 3.51. The van der Waals surface area contributed by atoms with Gasteiger partial charge in [-0.2, -0.15) is 0 Å². The molecule has 1 aliphatic heterocycles. The maximum atomic E-state index is 9.11. The van der Waals surface area contributed by atoms with Crippen molar-refractivity contribution in [2.24, 2.45) is 0 Å². The minimum atomic E-state index is 0.251. The third-order valence-electron chi connectivity index (χ3n) is 2.58. The lowest BCUT2D eigenvalue weighted by Gasteiger charge is -2.12. The third kappa shape index (κ3) is 1.61. The van der Waals surface area contributed by atoms with Crippen molar-refractivity contribution in [2.75, 3.05) is 12.4 Å². The van der Waals surface area contributed by atoms with E-state index in [9.17, 15) is 0 Å². The molecule has 1 aliphatic rings. The van der Waals surface area contributed by atoms with E-state index in [0.29, 0.717) is 0 Å². The molecular formula is C11H14OS. The molecule has 13 heavy (non-hydrogen) atoms. The van der Waals surface area contributed by atoms with Gasteiger partial charge in [-0.25, -0.2) is 0 Å². The quantitative estimate of drug-likeness (QED) is 0.780. The zero-order valence-corrected chi connectivity index (χ0v) is 8.60. The van der Waals surface area contributed by atoms with Crippen LogP contribution in [-0.2, 0) is 6.42 Å². The molecule has 1 aromatic carbocycles. The van der Waals surface area contributed by atoms with Crippen molar-refractivity contribution in [1.29, 1.82) is 0 Å². The highest BCUT2D eigenvalue weighted by Crippen LogP contribution is 2.35. The van der Waals surface area contributed by atoms with Gasteiger partial charge >= 0.3 is 0 Å². The van der Waals surface area contributed by atoms with Gasteiger partial charge in [0.1, 0.15) is 0 Å². The number of rotatable bonds is 2. The summed E-state index contributed by atoms with van der Waals surface area (Å²) in [6.07, 6.45) is 1.17. The Bertz CT molecular complexity index is 309. The van der Waals surface area contributed by atoms with E-state index in [1.807, 2.05) is 11.8 Å². The zero-order valence-electron chi connectivity index (χ0n) is 7.79. The SMILES string of the molecule is CC(CO)c1cccc2c1CCS2. The van der Waals surface area contributed by atoms with Gasteiger partial charge in [-0.3, -0.25) is 0 Å². The van der Waals surface area contributed by atoms with Crippen molar-refractivity contribution in [3.05, 3.63) is 29.3 Å². The summed E-state index contributed by atoms with van der Waals surface area (Å²) in [5.41, 5.74) is 2.80. The summed E-state index contributed by atoms with van der Waals surface area (Å²) in [6.45, 7) is 2.33. The first-order valence-electron chi connectivity index (χ1n) is 4.68. The summed E-state index contributed by atoms with van der Waals surface area (Å²) in [7, 11) is 0. The highest BCUT2D eigenvalue weighted by atomic mass is 32.2. The summed E-state index contributed by atoms with van der Waals surface area (Å²) in [5.74, 6) is 1.48. The van der Waals surface area contributed by atoms with E-state index in [-0.39, 0.29) is 12.5 Å². The average Bonchev–Trinajstić information content (AvgIpc) is 2.63. The van der Waals surface area contributed by atoms with Crippen molar-refractivity contribution in [1.82, 2.24) is 0 Å². The minimum absolute atomic E-state index is 0.251. The van der Waals surface area contributed by atoms with Crippen molar-refractivity contribution in [3.63, 3.8) is 0 Å². The van der Waals surface area contributed by atoms with E-state index in [0.717, 1.165) is 0 Å². The van der Waals surface area contributed by atoms with Crippen molar-refractivity contribution >= 4 is 11.8 Å². The molecule has 0 spiro atoms. The lowest BCUT2D eigenvalue weighted by Crippen LogP contribution is -2.02. The largest absolute Gasteiger partial charge is 0.396 e. The molecule has 1 heterocycles. The molecule has 0 saturated carbocycles. The van der Waals surface area contributed by atoms with Crippen LogP contribution in [0.4, 0.5) is 0 Å². The predicted molar refractivity (Wildman–Crippen MR) is 56.4 cm³/mol. The smallest absolute Gasteiger partial charge is 0.0497 e. The monoisotopic (exact) mass is 194 g/mol. The van der Waals surface area contributed by atoms with Crippen LogP contribution in [0.2, 0.25) is 0 Å². The second kappa shape index (κ2) is 3.72. The summed E-state index contributed by atoms with van der Waals surface area (Å²) >= 11 is 1.93. The molecule has 0 radical (unpaired) electrons. The Morgan fingerprint density at radius 2 is 2.38 bits per heavy atom. The highest BCUT2D eigenvalue weighted by molar-refractivity contribution is 7.99. The Morgan fingerprint density at radius 1 is 1.54 bits per heavy atom. The van der Waals surface area contributed by atoms with Gasteiger partial charge in [0.2, 0.25) is 0 Å². The number of fused-ring (bicyclic) bond motifs is 1. The van der Waals surface area contributed by atoms with Crippen molar-refractivity contribution < 1.29 is 5.11 Å². The fourth-order valence-corrected chi connectivity index (χ4v) is 2.90. The fourth-order valence-electron chi connectivity index (χ4n) is 1.81. The number of aliphatic hydroxyl groups excluding tert-OH is 1. The molecule has 0 amide bonds. The van der Waals surface area contributed by atoms with Crippen LogP contribution in [0.25, 0.3) is 0 Å². The van der Waals surface area contributed by atoms with E-state index in [4.69, 9.17) is 5.11 Å². The standard InChI is InChI=1S/C11H14OS/c1-8(7-12)9-3-2-4-11-10(9)5-6-13-11/h2-4,8,12H,5-7H2,1H3. The summed E-state index contributed by atoms with van der Waals surface area (Å²) in [6, 6.07) is 6.42. The van der Waals surface area contributed by atoms with Gasteiger partial charge in [-0.05, 0) is 23.6 Å². The first kappa shape index (κ1) is 9.10. The number of hydrogen-bond donors (Lipinski definition) is 1. The maximum Gasteiger partial charge on any atom is 0.0497 e. The van der Waals surface area contributed by atoms with Gasteiger partial charge in [-0.15, -0.1) is 11.8 Å². The Balaban J connectivity index is 2.41. The van der Waals surface area contributed by atoms with Crippen LogP contribution in [0, 0.1) is 0 Å². The summed E-state index contributed by atoms with van der Waals surface area (Å²) in [4.78, 5) is 1.41. The summed E-state index contributed by atoms with van der Waals surface area (Å²) < 4.78 is 0. The normalized spacial score (nSPS) is 17.1. The number of benzene rings is 1. The van der Waals surface area contributed by atoms with E-state index in [1.165, 1.54) is 28.2 Å². The van der Waals surface area contributed by atoms with Crippen LogP contribution in [-0.4, -0.2) is 17.5 Å². The Hall–Kier alpha value is -0.470. The van der Waals surface area contributed by atoms with Crippen LogP contribution >= 0.6 is 11.8 Å².